The molecule has 0 aliphatic carbocycles. The molecule has 0 spiro atoms. The number of hydrogen-bond donors (Lipinski definition) is 2. The summed E-state index contributed by atoms with van der Waals surface area (Å²) in [6.45, 7) is 6.05. The zero-order chi connectivity index (χ0) is 13.1. The molecule has 0 aliphatic heterocycles. The third kappa shape index (κ3) is 4.75. The lowest BCUT2D eigenvalue weighted by Gasteiger charge is -2.26. The summed E-state index contributed by atoms with van der Waals surface area (Å²) in [5.41, 5.74) is 6.57. The van der Waals surface area contributed by atoms with E-state index in [0.717, 1.165) is 0 Å². The number of carbonyl (C=O) groups excluding carboxylic acids is 1. The average Bonchev–Trinajstić information content (AvgIpc) is 2.15. The van der Waals surface area contributed by atoms with Gasteiger partial charge in [0.15, 0.2) is 0 Å². The van der Waals surface area contributed by atoms with Gasteiger partial charge >= 0.3 is 0 Å². The van der Waals surface area contributed by atoms with Gasteiger partial charge in [0.25, 0.3) is 0 Å². The summed E-state index contributed by atoms with van der Waals surface area (Å²) in [7, 11) is 0. The second-order valence-electron chi connectivity index (χ2n) is 5.24. The second-order valence-corrected chi connectivity index (χ2v) is 5.67. The van der Waals surface area contributed by atoms with Crippen LogP contribution in [0.3, 0.4) is 0 Å². The van der Waals surface area contributed by atoms with Gasteiger partial charge in [0.2, 0.25) is 5.91 Å². The van der Waals surface area contributed by atoms with E-state index in [9.17, 15) is 4.79 Å². The Morgan fingerprint density at radius 2 is 2.12 bits per heavy atom. The van der Waals surface area contributed by atoms with E-state index in [0.29, 0.717) is 17.1 Å². The van der Waals surface area contributed by atoms with Gasteiger partial charge in [-0.3, -0.25) is 4.79 Å². The summed E-state index contributed by atoms with van der Waals surface area (Å²) >= 11 is 5.83. The molecule has 0 saturated heterocycles. The van der Waals surface area contributed by atoms with Crippen molar-refractivity contribution in [1.82, 2.24) is 0 Å². The van der Waals surface area contributed by atoms with E-state index in [1.807, 2.05) is 20.8 Å². The van der Waals surface area contributed by atoms with Crippen LogP contribution in [0.5, 0.6) is 0 Å². The van der Waals surface area contributed by atoms with Gasteiger partial charge in [0, 0.05) is 23.2 Å². The van der Waals surface area contributed by atoms with Crippen LogP contribution in [0.15, 0.2) is 24.3 Å². The maximum atomic E-state index is 11.7. The van der Waals surface area contributed by atoms with E-state index in [2.05, 4.69) is 5.32 Å². The molecule has 0 fully saturated rings. The fourth-order valence-corrected chi connectivity index (χ4v) is 1.47. The van der Waals surface area contributed by atoms with Crippen molar-refractivity contribution in [3.05, 3.63) is 29.3 Å². The van der Waals surface area contributed by atoms with Crippen molar-refractivity contribution in [2.75, 3.05) is 5.32 Å². The standard InChI is InChI=1S/C13H19ClN2O/c1-13(2,3)11(15)8-12(17)16-10-6-4-5-9(14)7-10/h4-7,11H,8,15H2,1-3H3,(H,16,17). The van der Waals surface area contributed by atoms with Crippen LogP contribution in [-0.2, 0) is 4.79 Å². The summed E-state index contributed by atoms with van der Waals surface area (Å²) in [4.78, 5) is 11.7. The maximum Gasteiger partial charge on any atom is 0.225 e. The Bertz CT molecular complexity index is 399. The second kappa shape index (κ2) is 5.52. The zero-order valence-corrected chi connectivity index (χ0v) is 11.2. The van der Waals surface area contributed by atoms with Gasteiger partial charge in [0.05, 0.1) is 0 Å². The fourth-order valence-electron chi connectivity index (χ4n) is 1.28. The number of anilines is 1. The van der Waals surface area contributed by atoms with Crippen LogP contribution in [0.25, 0.3) is 0 Å². The first-order valence-electron chi connectivity index (χ1n) is 5.60. The maximum absolute atomic E-state index is 11.7. The van der Waals surface area contributed by atoms with E-state index in [1.54, 1.807) is 24.3 Å². The number of hydrogen-bond acceptors (Lipinski definition) is 2. The first-order valence-corrected chi connectivity index (χ1v) is 5.98. The highest BCUT2D eigenvalue weighted by atomic mass is 35.5. The number of rotatable bonds is 3. The zero-order valence-electron chi connectivity index (χ0n) is 10.5. The summed E-state index contributed by atoms with van der Waals surface area (Å²) in [6, 6.07) is 6.90. The number of nitrogens with one attached hydrogen (secondary N) is 1. The molecule has 0 radical (unpaired) electrons. The van der Waals surface area contributed by atoms with Crippen molar-refractivity contribution < 1.29 is 4.79 Å². The number of carbonyl (C=O) groups is 1. The quantitative estimate of drug-likeness (QED) is 0.871. The van der Waals surface area contributed by atoms with E-state index in [4.69, 9.17) is 17.3 Å². The lowest BCUT2D eigenvalue weighted by Crippen LogP contribution is -2.38. The van der Waals surface area contributed by atoms with Crippen molar-refractivity contribution in [3.63, 3.8) is 0 Å². The van der Waals surface area contributed by atoms with E-state index < -0.39 is 0 Å². The molecule has 0 aromatic heterocycles. The molecule has 1 unspecified atom stereocenters. The van der Waals surface area contributed by atoms with Crippen LogP contribution < -0.4 is 11.1 Å². The topological polar surface area (TPSA) is 55.1 Å². The summed E-state index contributed by atoms with van der Waals surface area (Å²) < 4.78 is 0. The normalized spacial score (nSPS) is 13.2. The Balaban J connectivity index is 2.56. The summed E-state index contributed by atoms with van der Waals surface area (Å²) in [5, 5.41) is 3.38. The molecule has 1 aromatic rings. The Hall–Kier alpha value is -1.06. The van der Waals surface area contributed by atoms with Crippen LogP contribution >= 0.6 is 11.6 Å². The van der Waals surface area contributed by atoms with Crippen molar-refractivity contribution in [3.8, 4) is 0 Å². The molecule has 0 bridgehead atoms. The van der Waals surface area contributed by atoms with Gasteiger partial charge < -0.3 is 11.1 Å². The van der Waals surface area contributed by atoms with Gasteiger partial charge in [0.1, 0.15) is 0 Å². The molecule has 1 rings (SSSR count). The summed E-state index contributed by atoms with van der Waals surface area (Å²) in [5.74, 6) is -0.0882. The predicted molar refractivity (Wildman–Crippen MR) is 72.1 cm³/mol. The van der Waals surface area contributed by atoms with E-state index >= 15 is 0 Å². The minimum Gasteiger partial charge on any atom is -0.327 e. The molecule has 1 amide bonds. The molecule has 1 atom stereocenters. The highest BCUT2D eigenvalue weighted by molar-refractivity contribution is 6.30. The molecule has 3 nitrogen and oxygen atoms in total. The van der Waals surface area contributed by atoms with E-state index in [-0.39, 0.29) is 17.4 Å². The number of halogens is 1. The smallest absolute Gasteiger partial charge is 0.225 e. The molecule has 3 N–H and O–H groups in total. The van der Waals surface area contributed by atoms with E-state index in [1.165, 1.54) is 0 Å². The van der Waals surface area contributed by atoms with Gasteiger partial charge in [-0.2, -0.15) is 0 Å². The fraction of sp³-hybridized carbons (Fsp3) is 0.462. The minimum absolute atomic E-state index is 0.0777. The Morgan fingerprint density at radius 3 is 2.65 bits per heavy atom. The van der Waals surface area contributed by atoms with Crippen molar-refractivity contribution in [1.29, 1.82) is 0 Å². The van der Waals surface area contributed by atoms with Crippen molar-refractivity contribution >= 4 is 23.2 Å². The molecular formula is C13H19ClN2O. The Morgan fingerprint density at radius 1 is 1.47 bits per heavy atom. The molecule has 0 aliphatic rings. The SMILES string of the molecule is CC(C)(C)C(N)CC(=O)Nc1cccc(Cl)c1. The van der Waals surface area contributed by atoms with Crippen LogP contribution in [0.4, 0.5) is 5.69 Å². The molecule has 0 heterocycles. The molecule has 17 heavy (non-hydrogen) atoms. The molecular weight excluding hydrogens is 236 g/mol. The van der Waals surface area contributed by atoms with Gasteiger partial charge in [-0.05, 0) is 23.6 Å². The third-order valence-electron chi connectivity index (χ3n) is 2.63. The van der Waals surface area contributed by atoms with Crippen LogP contribution in [0.2, 0.25) is 5.02 Å². The largest absolute Gasteiger partial charge is 0.327 e. The first-order chi connectivity index (χ1) is 7.79. The predicted octanol–water partition coefficient (Wildman–Crippen LogP) is 3.04. The summed E-state index contributed by atoms with van der Waals surface area (Å²) in [6.07, 6.45) is 0.302. The van der Waals surface area contributed by atoms with Crippen LogP contribution in [0.1, 0.15) is 27.2 Å². The Kier molecular flexibility index (Phi) is 4.54. The lowest BCUT2D eigenvalue weighted by molar-refractivity contribution is -0.117. The molecule has 4 heteroatoms. The number of amides is 1. The third-order valence-corrected chi connectivity index (χ3v) is 2.86. The monoisotopic (exact) mass is 254 g/mol. The first kappa shape index (κ1) is 14.0. The molecule has 1 aromatic carbocycles. The average molecular weight is 255 g/mol. The molecule has 94 valence electrons. The van der Waals surface area contributed by atoms with Crippen molar-refractivity contribution in [2.45, 2.75) is 33.2 Å². The molecule has 0 saturated carbocycles. The van der Waals surface area contributed by atoms with Crippen LogP contribution in [-0.4, -0.2) is 11.9 Å². The van der Waals surface area contributed by atoms with Gasteiger partial charge in [-0.15, -0.1) is 0 Å². The van der Waals surface area contributed by atoms with Crippen LogP contribution in [0, 0.1) is 5.41 Å². The Labute approximate surface area is 107 Å². The number of benzene rings is 1. The highest BCUT2D eigenvalue weighted by Crippen LogP contribution is 2.20. The lowest BCUT2D eigenvalue weighted by atomic mass is 9.85. The van der Waals surface area contributed by atoms with Gasteiger partial charge in [-0.25, -0.2) is 0 Å². The van der Waals surface area contributed by atoms with Crippen molar-refractivity contribution in [2.24, 2.45) is 11.1 Å². The highest BCUT2D eigenvalue weighted by Gasteiger charge is 2.23. The van der Waals surface area contributed by atoms with Gasteiger partial charge in [-0.1, -0.05) is 38.4 Å². The number of nitrogens with two attached hydrogens (primary N) is 1. The minimum atomic E-state index is -0.165.